The highest BCUT2D eigenvalue weighted by molar-refractivity contribution is 6.34. The Hall–Kier alpha value is -1.50. The van der Waals surface area contributed by atoms with Gasteiger partial charge in [-0.2, -0.15) is 0 Å². The average molecular weight is 359 g/mol. The van der Waals surface area contributed by atoms with Crippen LogP contribution in [0.15, 0.2) is 18.2 Å². The van der Waals surface area contributed by atoms with Gasteiger partial charge in [0.2, 0.25) is 0 Å². The second kappa shape index (κ2) is 7.38. The first-order valence-corrected chi connectivity index (χ1v) is 7.83. The second-order valence-corrected chi connectivity index (χ2v) is 6.17. The fourth-order valence-electron chi connectivity index (χ4n) is 2.57. The third kappa shape index (κ3) is 4.07. The molecule has 1 aromatic carbocycles. The summed E-state index contributed by atoms with van der Waals surface area (Å²) in [4.78, 5) is 25.6. The Balaban J connectivity index is 0.00000192. The maximum Gasteiger partial charge on any atom is 0.321 e. The van der Waals surface area contributed by atoms with Crippen molar-refractivity contribution in [2.45, 2.75) is 18.9 Å². The van der Waals surface area contributed by atoms with Crippen LogP contribution in [0.5, 0.6) is 0 Å². The zero-order chi connectivity index (χ0) is 15.7. The number of carbonyl (C=O) groups is 2. The zero-order valence-corrected chi connectivity index (χ0v) is 14.1. The highest BCUT2D eigenvalue weighted by atomic mass is 35.5. The van der Waals surface area contributed by atoms with Crippen molar-refractivity contribution in [3.8, 4) is 0 Å². The summed E-state index contributed by atoms with van der Waals surface area (Å²) in [5, 5.41) is 5.91. The van der Waals surface area contributed by atoms with Crippen molar-refractivity contribution < 1.29 is 9.59 Å². The van der Waals surface area contributed by atoms with Crippen LogP contribution in [0.25, 0.3) is 0 Å². The van der Waals surface area contributed by atoms with E-state index in [0.717, 1.165) is 12.8 Å². The molecule has 0 bridgehead atoms. The normalized spacial score (nSPS) is 18.2. The molecule has 2 aliphatic rings. The largest absolute Gasteiger partial charge is 0.350 e. The van der Waals surface area contributed by atoms with Crippen molar-refractivity contribution >= 4 is 41.6 Å². The number of hydrogen-bond acceptors (Lipinski definition) is 3. The fraction of sp³-hybridized carbons (Fsp3) is 0.467. The summed E-state index contributed by atoms with van der Waals surface area (Å²) in [5.41, 5.74) is 7.01. The molecule has 1 atom stereocenters. The van der Waals surface area contributed by atoms with E-state index in [1.54, 1.807) is 23.1 Å². The molecular weight excluding hydrogens is 339 g/mol. The molecule has 8 heteroatoms. The number of nitrogens with one attached hydrogen (secondary N) is 2. The Kier molecular flexibility index (Phi) is 5.73. The highest BCUT2D eigenvalue weighted by Gasteiger charge is 2.29. The van der Waals surface area contributed by atoms with Gasteiger partial charge in [0, 0.05) is 31.4 Å². The molecule has 126 valence electrons. The maximum absolute atomic E-state index is 12.3. The van der Waals surface area contributed by atoms with Gasteiger partial charge in [-0.05, 0) is 37.0 Å². The van der Waals surface area contributed by atoms with Gasteiger partial charge in [0.05, 0.1) is 10.6 Å². The second-order valence-electron chi connectivity index (χ2n) is 5.76. The van der Waals surface area contributed by atoms with Crippen LogP contribution in [0.2, 0.25) is 5.02 Å². The summed E-state index contributed by atoms with van der Waals surface area (Å²) in [6, 6.07) is 4.85. The first-order valence-electron chi connectivity index (χ1n) is 7.45. The van der Waals surface area contributed by atoms with Crippen molar-refractivity contribution in [2.24, 2.45) is 11.7 Å². The van der Waals surface area contributed by atoms with Gasteiger partial charge in [-0.25, -0.2) is 4.79 Å². The Morgan fingerprint density at radius 2 is 2.22 bits per heavy atom. The molecule has 1 saturated carbocycles. The molecule has 6 nitrogen and oxygen atoms in total. The molecule has 1 saturated heterocycles. The van der Waals surface area contributed by atoms with Crippen molar-refractivity contribution in [3.05, 3.63) is 28.8 Å². The number of nitrogens with zero attached hydrogens (tertiary/aromatic N) is 1. The third-order valence-corrected chi connectivity index (χ3v) is 4.42. The minimum Gasteiger partial charge on any atom is -0.350 e. The molecule has 0 aromatic heterocycles. The van der Waals surface area contributed by atoms with E-state index in [2.05, 4.69) is 10.6 Å². The van der Waals surface area contributed by atoms with Crippen LogP contribution in [-0.4, -0.2) is 37.6 Å². The van der Waals surface area contributed by atoms with Gasteiger partial charge in [0.25, 0.3) is 5.91 Å². The monoisotopic (exact) mass is 358 g/mol. The maximum atomic E-state index is 12.3. The zero-order valence-electron chi connectivity index (χ0n) is 12.5. The van der Waals surface area contributed by atoms with E-state index in [4.69, 9.17) is 17.3 Å². The number of benzene rings is 1. The topological polar surface area (TPSA) is 87.5 Å². The number of amides is 3. The van der Waals surface area contributed by atoms with E-state index in [9.17, 15) is 9.59 Å². The van der Waals surface area contributed by atoms with Gasteiger partial charge in [-0.1, -0.05) is 11.6 Å². The molecule has 2 fully saturated rings. The molecule has 1 heterocycles. The molecular formula is C15H20Cl2N4O2. The number of anilines is 1. The first-order chi connectivity index (χ1) is 10.6. The number of rotatable bonds is 5. The number of halogens is 2. The highest BCUT2D eigenvalue weighted by Crippen LogP contribution is 2.31. The van der Waals surface area contributed by atoms with Gasteiger partial charge < -0.3 is 16.4 Å². The standard InChI is InChI=1S/C15H19ClN4O2.ClH/c16-12-4-3-10(20-6-5-18-15(20)22)7-11(12)14(21)19-8-13(17)9-1-2-9;/h3-4,7,9,13H,1-2,5-6,8,17H2,(H,18,22)(H,19,21);1H. The summed E-state index contributed by atoms with van der Waals surface area (Å²) in [7, 11) is 0. The minimum absolute atomic E-state index is 0. The minimum atomic E-state index is -0.262. The predicted octanol–water partition coefficient (Wildman–Crippen LogP) is 1.76. The molecule has 1 aliphatic heterocycles. The Bertz CT molecular complexity index is 607. The van der Waals surface area contributed by atoms with Crippen LogP contribution < -0.4 is 21.3 Å². The van der Waals surface area contributed by atoms with Crippen LogP contribution >= 0.6 is 24.0 Å². The molecule has 4 N–H and O–H groups in total. The molecule has 23 heavy (non-hydrogen) atoms. The smallest absolute Gasteiger partial charge is 0.321 e. The average Bonchev–Trinajstić information content (AvgIpc) is 3.27. The molecule has 1 aromatic rings. The number of urea groups is 1. The molecule has 3 amide bonds. The van der Waals surface area contributed by atoms with Gasteiger partial charge >= 0.3 is 6.03 Å². The summed E-state index contributed by atoms with van der Waals surface area (Å²) in [5.74, 6) is 0.262. The van der Waals surface area contributed by atoms with E-state index in [1.165, 1.54) is 0 Å². The van der Waals surface area contributed by atoms with E-state index in [0.29, 0.717) is 41.8 Å². The van der Waals surface area contributed by atoms with Crippen molar-refractivity contribution in [3.63, 3.8) is 0 Å². The van der Waals surface area contributed by atoms with Crippen LogP contribution in [0.3, 0.4) is 0 Å². The third-order valence-electron chi connectivity index (χ3n) is 4.09. The molecule has 3 rings (SSSR count). The molecule has 0 radical (unpaired) electrons. The van der Waals surface area contributed by atoms with Crippen molar-refractivity contribution in [1.29, 1.82) is 0 Å². The van der Waals surface area contributed by atoms with Crippen molar-refractivity contribution in [1.82, 2.24) is 10.6 Å². The van der Waals surface area contributed by atoms with Crippen LogP contribution in [0.1, 0.15) is 23.2 Å². The van der Waals surface area contributed by atoms with Gasteiger partial charge in [-0.3, -0.25) is 9.69 Å². The lowest BCUT2D eigenvalue weighted by Crippen LogP contribution is -2.38. The quantitative estimate of drug-likeness (QED) is 0.749. The van der Waals surface area contributed by atoms with Crippen LogP contribution in [-0.2, 0) is 0 Å². The van der Waals surface area contributed by atoms with Crippen LogP contribution in [0, 0.1) is 5.92 Å². The fourth-order valence-corrected chi connectivity index (χ4v) is 2.77. The Morgan fingerprint density at radius 3 is 2.83 bits per heavy atom. The Morgan fingerprint density at radius 1 is 1.48 bits per heavy atom. The molecule has 1 aliphatic carbocycles. The van der Waals surface area contributed by atoms with Crippen molar-refractivity contribution in [2.75, 3.05) is 24.5 Å². The lowest BCUT2D eigenvalue weighted by molar-refractivity contribution is 0.0950. The Labute approximate surface area is 146 Å². The van der Waals surface area contributed by atoms with Gasteiger partial charge in [0.1, 0.15) is 0 Å². The van der Waals surface area contributed by atoms with E-state index < -0.39 is 0 Å². The van der Waals surface area contributed by atoms with E-state index in [-0.39, 0.29) is 30.4 Å². The first kappa shape index (κ1) is 17.8. The molecule has 0 spiro atoms. The number of carbonyl (C=O) groups excluding carboxylic acids is 2. The summed E-state index contributed by atoms with van der Waals surface area (Å²) >= 11 is 6.11. The molecule has 1 unspecified atom stereocenters. The van der Waals surface area contributed by atoms with E-state index in [1.807, 2.05) is 0 Å². The lowest BCUT2D eigenvalue weighted by Gasteiger charge is -2.17. The van der Waals surface area contributed by atoms with Gasteiger partial charge in [-0.15, -0.1) is 12.4 Å². The SMILES string of the molecule is Cl.NC(CNC(=O)c1cc(N2CCNC2=O)ccc1Cl)C1CC1. The van der Waals surface area contributed by atoms with E-state index >= 15 is 0 Å². The predicted molar refractivity (Wildman–Crippen MR) is 92.5 cm³/mol. The number of hydrogen-bond donors (Lipinski definition) is 3. The van der Waals surface area contributed by atoms with Gasteiger partial charge in [0.15, 0.2) is 0 Å². The lowest BCUT2D eigenvalue weighted by atomic mass is 10.1. The number of nitrogens with two attached hydrogens (primary N) is 1. The van der Waals surface area contributed by atoms with Crippen LogP contribution in [0.4, 0.5) is 10.5 Å². The summed E-state index contributed by atoms with van der Waals surface area (Å²) < 4.78 is 0. The summed E-state index contributed by atoms with van der Waals surface area (Å²) in [6.07, 6.45) is 2.27. The summed E-state index contributed by atoms with van der Waals surface area (Å²) in [6.45, 7) is 1.61.